The van der Waals surface area contributed by atoms with Gasteiger partial charge in [0.05, 0.1) is 23.2 Å². The van der Waals surface area contributed by atoms with E-state index in [1.54, 1.807) is 0 Å². The average molecular weight is 241 g/mol. The van der Waals surface area contributed by atoms with Crippen LogP contribution in [0.25, 0.3) is 0 Å². The molecule has 0 fully saturated rings. The standard InChI is InChI=1S/C11H15NO5/c1-2-9(14)7-17-10-3-4-11(12(15)16)8(5-10)6-13/h3-5,9,13-14H,2,6-7H2,1H3/t9-/m1/s1. The molecule has 17 heavy (non-hydrogen) atoms. The third kappa shape index (κ3) is 3.69. The summed E-state index contributed by atoms with van der Waals surface area (Å²) in [7, 11) is 0. The molecular weight excluding hydrogens is 226 g/mol. The first kappa shape index (κ1) is 13.4. The van der Waals surface area contributed by atoms with Gasteiger partial charge >= 0.3 is 0 Å². The normalized spacial score (nSPS) is 12.2. The molecule has 0 bridgehead atoms. The molecule has 0 saturated carbocycles. The number of nitro benzene ring substituents is 1. The van der Waals surface area contributed by atoms with Gasteiger partial charge in [-0.3, -0.25) is 10.1 Å². The van der Waals surface area contributed by atoms with Gasteiger partial charge in [0.2, 0.25) is 0 Å². The van der Waals surface area contributed by atoms with Gasteiger partial charge in [-0.25, -0.2) is 0 Å². The lowest BCUT2D eigenvalue weighted by Crippen LogP contribution is -2.16. The first-order valence-corrected chi connectivity index (χ1v) is 5.27. The predicted molar refractivity (Wildman–Crippen MR) is 60.8 cm³/mol. The molecule has 6 nitrogen and oxygen atoms in total. The number of nitrogens with zero attached hydrogens (tertiary/aromatic N) is 1. The Morgan fingerprint density at radius 1 is 1.53 bits per heavy atom. The third-order valence-electron chi connectivity index (χ3n) is 2.33. The van der Waals surface area contributed by atoms with Gasteiger partial charge in [0.25, 0.3) is 5.69 Å². The SMILES string of the molecule is CC[C@@H](O)COc1ccc([N+](=O)[O-])c(CO)c1. The van der Waals surface area contributed by atoms with E-state index in [0.29, 0.717) is 12.2 Å². The summed E-state index contributed by atoms with van der Waals surface area (Å²) in [6.07, 6.45) is 0.00240. The van der Waals surface area contributed by atoms with Crippen molar-refractivity contribution in [2.45, 2.75) is 26.1 Å². The number of rotatable bonds is 6. The molecule has 0 aromatic heterocycles. The minimum atomic E-state index is -0.567. The van der Waals surface area contributed by atoms with E-state index < -0.39 is 17.6 Å². The largest absolute Gasteiger partial charge is 0.491 e. The molecule has 2 N–H and O–H groups in total. The maximum atomic E-state index is 10.6. The molecule has 0 amide bonds. The lowest BCUT2D eigenvalue weighted by Gasteiger charge is -2.10. The molecule has 0 aliphatic heterocycles. The number of aliphatic hydroxyl groups is 2. The van der Waals surface area contributed by atoms with Crippen molar-refractivity contribution in [1.82, 2.24) is 0 Å². The van der Waals surface area contributed by atoms with E-state index in [4.69, 9.17) is 9.84 Å². The van der Waals surface area contributed by atoms with Gasteiger partial charge < -0.3 is 14.9 Å². The molecule has 1 atom stereocenters. The fourth-order valence-corrected chi connectivity index (χ4v) is 1.27. The number of ether oxygens (including phenoxy) is 1. The molecule has 0 aliphatic carbocycles. The smallest absolute Gasteiger partial charge is 0.275 e. The molecule has 0 spiro atoms. The van der Waals surface area contributed by atoms with Crippen LogP contribution in [0.4, 0.5) is 5.69 Å². The van der Waals surface area contributed by atoms with Crippen molar-refractivity contribution in [3.05, 3.63) is 33.9 Å². The van der Waals surface area contributed by atoms with Gasteiger partial charge in [0.15, 0.2) is 0 Å². The molecule has 1 aromatic carbocycles. The number of benzene rings is 1. The predicted octanol–water partition coefficient (Wildman–Crippen LogP) is 1.24. The van der Waals surface area contributed by atoms with Gasteiger partial charge in [0.1, 0.15) is 12.4 Å². The monoisotopic (exact) mass is 241 g/mol. The van der Waals surface area contributed by atoms with Crippen molar-refractivity contribution in [2.24, 2.45) is 0 Å². The quantitative estimate of drug-likeness (QED) is 0.577. The maximum absolute atomic E-state index is 10.6. The molecule has 0 saturated heterocycles. The number of nitro groups is 1. The average Bonchev–Trinajstić information content (AvgIpc) is 2.35. The zero-order valence-corrected chi connectivity index (χ0v) is 9.50. The van der Waals surface area contributed by atoms with Crippen molar-refractivity contribution in [3.8, 4) is 5.75 Å². The van der Waals surface area contributed by atoms with Crippen LogP contribution in [-0.2, 0) is 6.61 Å². The van der Waals surface area contributed by atoms with Crippen LogP contribution < -0.4 is 4.74 Å². The van der Waals surface area contributed by atoms with E-state index in [1.807, 2.05) is 6.92 Å². The van der Waals surface area contributed by atoms with E-state index in [-0.39, 0.29) is 17.9 Å². The molecule has 1 rings (SSSR count). The summed E-state index contributed by atoms with van der Waals surface area (Å²) in [6, 6.07) is 4.12. The molecule has 0 heterocycles. The summed E-state index contributed by atoms with van der Waals surface area (Å²) in [5.74, 6) is 0.396. The highest BCUT2D eigenvalue weighted by atomic mass is 16.6. The Labute approximate surface area is 98.6 Å². The fraction of sp³-hybridized carbons (Fsp3) is 0.455. The summed E-state index contributed by atoms with van der Waals surface area (Å²) >= 11 is 0. The second kappa shape index (κ2) is 6.17. The fourth-order valence-electron chi connectivity index (χ4n) is 1.27. The molecule has 94 valence electrons. The van der Waals surface area contributed by atoms with Crippen LogP contribution in [0.3, 0.4) is 0 Å². The number of hydrogen-bond acceptors (Lipinski definition) is 5. The summed E-state index contributed by atoms with van der Waals surface area (Å²) in [6.45, 7) is 1.52. The summed E-state index contributed by atoms with van der Waals surface area (Å²) in [4.78, 5) is 10.1. The van der Waals surface area contributed by atoms with Crippen molar-refractivity contribution >= 4 is 5.69 Å². The molecule has 1 aromatic rings. The Morgan fingerprint density at radius 3 is 2.76 bits per heavy atom. The molecular formula is C11H15NO5. The third-order valence-corrected chi connectivity index (χ3v) is 2.33. The van der Waals surface area contributed by atoms with Crippen molar-refractivity contribution < 1.29 is 19.9 Å². The highest BCUT2D eigenvalue weighted by Crippen LogP contribution is 2.24. The highest BCUT2D eigenvalue weighted by Gasteiger charge is 2.14. The maximum Gasteiger partial charge on any atom is 0.275 e. The first-order valence-electron chi connectivity index (χ1n) is 5.27. The van der Waals surface area contributed by atoms with Crippen molar-refractivity contribution in [3.63, 3.8) is 0 Å². The summed E-state index contributed by atoms with van der Waals surface area (Å²) < 4.78 is 5.25. The van der Waals surface area contributed by atoms with E-state index >= 15 is 0 Å². The molecule has 0 aliphatic rings. The van der Waals surface area contributed by atoms with E-state index in [2.05, 4.69) is 0 Å². The van der Waals surface area contributed by atoms with E-state index in [1.165, 1.54) is 18.2 Å². The highest BCUT2D eigenvalue weighted by molar-refractivity contribution is 5.44. The Balaban J connectivity index is 2.79. The van der Waals surface area contributed by atoms with Crippen LogP contribution >= 0.6 is 0 Å². The minimum absolute atomic E-state index is 0.124. The van der Waals surface area contributed by atoms with Gasteiger partial charge in [-0.1, -0.05) is 6.92 Å². The molecule has 0 unspecified atom stereocenters. The van der Waals surface area contributed by atoms with Crippen molar-refractivity contribution in [1.29, 1.82) is 0 Å². The lowest BCUT2D eigenvalue weighted by atomic mass is 10.2. The second-order valence-electron chi connectivity index (χ2n) is 3.58. The van der Waals surface area contributed by atoms with Crippen LogP contribution in [0.5, 0.6) is 5.75 Å². The minimum Gasteiger partial charge on any atom is -0.491 e. The molecule has 6 heteroatoms. The topological polar surface area (TPSA) is 92.8 Å². The van der Waals surface area contributed by atoms with Crippen LogP contribution in [-0.4, -0.2) is 27.8 Å². The van der Waals surface area contributed by atoms with Gasteiger partial charge in [0, 0.05) is 6.07 Å². The van der Waals surface area contributed by atoms with Gasteiger partial charge in [-0.05, 0) is 18.6 Å². The van der Waals surface area contributed by atoms with E-state index in [0.717, 1.165) is 0 Å². The second-order valence-corrected chi connectivity index (χ2v) is 3.58. The number of hydrogen-bond donors (Lipinski definition) is 2. The Morgan fingerprint density at radius 2 is 2.24 bits per heavy atom. The van der Waals surface area contributed by atoms with E-state index in [9.17, 15) is 15.2 Å². The Kier molecular flexibility index (Phi) is 4.86. The Hall–Kier alpha value is -1.66. The summed E-state index contributed by atoms with van der Waals surface area (Å²) in [5.41, 5.74) is 0.0504. The zero-order valence-electron chi connectivity index (χ0n) is 9.50. The first-order chi connectivity index (χ1) is 8.08. The van der Waals surface area contributed by atoms with Crippen LogP contribution in [0.2, 0.25) is 0 Å². The zero-order chi connectivity index (χ0) is 12.8. The number of aliphatic hydroxyl groups excluding tert-OH is 2. The Bertz CT molecular complexity index is 393. The van der Waals surface area contributed by atoms with Crippen LogP contribution in [0.15, 0.2) is 18.2 Å². The van der Waals surface area contributed by atoms with Gasteiger partial charge in [-0.15, -0.1) is 0 Å². The van der Waals surface area contributed by atoms with Crippen molar-refractivity contribution in [2.75, 3.05) is 6.61 Å². The lowest BCUT2D eigenvalue weighted by molar-refractivity contribution is -0.385. The summed E-state index contributed by atoms with van der Waals surface area (Å²) in [5, 5.41) is 28.9. The van der Waals surface area contributed by atoms with Crippen LogP contribution in [0, 0.1) is 10.1 Å². The molecule has 0 radical (unpaired) electrons. The van der Waals surface area contributed by atoms with Crippen LogP contribution in [0.1, 0.15) is 18.9 Å². The van der Waals surface area contributed by atoms with Gasteiger partial charge in [-0.2, -0.15) is 0 Å².